The maximum Gasteiger partial charge on any atom is 0.255 e. The summed E-state index contributed by atoms with van der Waals surface area (Å²) < 4.78 is 18.4. The van der Waals surface area contributed by atoms with Gasteiger partial charge in [-0.05, 0) is 50.2 Å². The van der Waals surface area contributed by atoms with Crippen LogP contribution in [0, 0.1) is 19.7 Å². The molecule has 1 aliphatic rings. The van der Waals surface area contributed by atoms with Crippen LogP contribution in [0.2, 0.25) is 0 Å². The number of hydrogen-bond donors (Lipinski definition) is 0. The van der Waals surface area contributed by atoms with Crippen molar-refractivity contribution < 1.29 is 18.5 Å². The third-order valence-corrected chi connectivity index (χ3v) is 6.72. The standard InChI is InChI=1S/C24H24FN3O3S/c1-16-21(17(2)31-26-16)15-32-22-6-4-3-5-20(22)24(30)28-13-11-27(12-14-28)23(29)18-7-9-19(25)10-8-18/h3-10H,11-15H2,1-2H3. The van der Waals surface area contributed by atoms with Crippen molar-refractivity contribution in [2.45, 2.75) is 24.5 Å². The summed E-state index contributed by atoms with van der Waals surface area (Å²) in [5, 5.41) is 3.99. The van der Waals surface area contributed by atoms with Gasteiger partial charge < -0.3 is 14.3 Å². The number of carbonyl (C=O) groups is 2. The fraction of sp³-hybridized carbons (Fsp3) is 0.292. The SMILES string of the molecule is Cc1noc(C)c1CSc1ccccc1C(=O)N1CCN(C(=O)c2ccc(F)cc2)CC1. The maximum absolute atomic E-state index is 13.2. The Balaban J connectivity index is 1.40. The lowest BCUT2D eigenvalue weighted by molar-refractivity contribution is 0.0533. The summed E-state index contributed by atoms with van der Waals surface area (Å²) in [5.74, 6) is 0.905. The highest BCUT2D eigenvalue weighted by Crippen LogP contribution is 2.29. The van der Waals surface area contributed by atoms with Gasteiger partial charge in [0.1, 0.15) is 11.6 Å². The third kappa shape index (κ3) is 4.70. The molecule has 0 saturated carbocycles. The van der Waals surface area contributed by atoms with Crippen LogP contribution in [0.5, 0.6) is 0 Å². The molecule has 2 amide bonds. The number of aryl methyl sites for hydroxylation is 2. The van der Waals surface area contributed by atoms with Gasteiger partial charge in [-0.15, -0.1) is 11.8 Å². The van der Waals surface area contributed by atoms with Gasteiger partial charge in [0.15, 0.2) is 0 Å². The molecule has 3 aromatic rings. The summed E-state index contributed by atoms with van der Waals surface area (Å²) in [5.41, 5.74) is 3.01. The van der Waals surface area contributed by atoms with Crippen LogP contribution in [0.3, 0.4) is 0 Å². The molecule has 0 bridgehead atoms. The molecule has 1 aliphatic heterocycles. The van der Waals surface area contributed by atoms with Gasteiger partial charge in [0.2, 0.25) is 0 Å². The van der Waals surface area contributed by atoms with Gasteiger partial charge in [-0.25, -0.2) is 4.39 Å². The Kier molecular flexibility index (Phi) is 6.60. The van der Waals surface area contributed by atoms with E-state index in [1.54, 1.807) is 21.6 Å². The first kappa shape index (κ1) is 22.1. The van der Waals surface area contributed by atoms with Crippen LogP contribution in [0.25, 0.3) is 0 Å². The first-order chi connectivity index (χ1) is 15.4. The number of nitrogens with zero attached hydrogens (tertiary/aromatic N) is 3. The zero-order valence-corrected chi connectivity index (χ0v) is 18.8. The van der Waals surface area contributed by atoms with Crippen LogP contribution in [0.1, 0.15) is 37.7 Å². The molecule has 0 radical (unpaired) electrons. The molecule has 4 rings (SSSR count). The average molecular weight is 454 g/mol. The molecule has 1 fully saturated rings. The van der Waals surface area contributed by atoms with Crippen LogP contribution >= 0.6 is 11.8 Å². The average Bonchev–Trinajstić information content (AvgIpc) is 3.14. The molecule has 6 nitrogen and oxygen atoms in total. The Morgan fingerprint density at radius 3 is 2.22 bits per heavy atom. The number of benzene rings is 2. The van der Waals surface area contributed by atoms with Crippen molar-refractivity contribution in [3.63, 3.8) is 0 Å². The lowest BCUT2D eigenvalue weighted by Crippen LogP contribution is -2.50. The fourth-order valence-corrected chi connectivity index (χ4v) is 4.88. The van der Waals surface area contributed by atoms with E-state index < -0.39 is 0 Å². The van der Waals surface area contributed by atoms with E-state index in [0.29, 0.717) is 43.1 Å². The summed E-state index contributed by atoms with van der Waals surface area (Å²) in [4.78, 5) is 30.3. The molecular weight excluding hydrogens is 429 g/mol. The highest BCUT2D eigenvalue weighted by molar-refractivity contribution is 7.98. The Labute approximate surface area is 190 Å². The second-order valence-electron chi connectivity index (χ2n) is 7.68. The van der Waals surface area contributed by atoms with E-state index in [1.807, 2.05) is 38.1 Å². The van der Waals surface area contributed by atoms with E-state index in [9.17, 15) is 14.0 Å². The largest absolute Gasteiger partial charge is 0.361 e. The molecule has 2 aromatic carbocycles. The van der Waals surface area contributed by atoms with Crippen molar-refractivity contribution in [3.8, 4) is 0 Å². The lowest BCUT2D eigenvalue weighted by Gasteiger charge is -2.35. The lowest BCUT2D eigenvalue weighted by atomic mass is 10.1. The van der Waals surface area contributed by atoms with Gasteiger partial charge in [0.05, 0.1) is 11.3 Å². The summed E-state index contributed by atoms with van der Waals surface area (Å²) in [6.45, 7) is 5.59. The molecule has 0 N–H and O–H groups in total. The van der Waals surface area contributed by atoms with Crippen LogP contribution in [0.4, 0.5) is 4.39 Å². The van der Waals surface area contributed by atoms with Gasteiger partial charge in [0, 0.05) is 48.0 Å². The van der Waals surface area contributed by atoms with Crippen molar-refractivity contribution in [2.24, 2.45) is 0 Å². The maximum atomic E-state index is 13.2. The second-order valence-corrected chi connectivity index (χ2v) is 8.70. The minimum atomic E-state index is -0.372. The Bertz CT molecular complexity index is 1100. The molecule has 8 heteroatoms. The van der Waals surface area contributed by atoms with Crippen LogP contribution in [-0.4, -0.2) is 52.9 Å². The van der Waals surface area contributed by atoms with Crippen molar-refractivity contribution in [1.29, 1.82) is 0 Å². The van der Waals surface area contributed by atoms with Crippen LogP contribution < -0.4 is 0 Å². The summed E-state index contributed by atoms with van der Waals surface area (Å²) in [7, 11) is 0. The smallest absolute Gasteiger partial charge is 0.255 e. The number of amides is 2. The van der Waals surface area contributed by atoms with Gasteiger partial charge in [0.25, 0.3) is 11.8 Å². The topological polar surface area (TPSA) is 66.7 Å². The van der Waals surface area contributed by atoms with E-state index in [1.165, 1.54) is 24.3 Å². The number of aromatic nitrogens is 1. The highest BCUT2D eigenvalue weighted by Gasteiger charge is 2.26. The summed E-state index contributed by atoms with van der Waals surface area (Å²) >= 11 is 1.59. The fourth-order valence-electron chi connectivity index (χ4n) is 3.69. The van der Waals surface area contributed by atoms with Gasteiger partial charge in [-0.1, -0.05) is 17.3 Å². The number of halogens is 1. The number of carbonyl (C=O) groups excluding carboxylic acids is 2. The number of thioether (sulfide) groups is 1. The van der Waals surface area contributed by atoms with E-state index in [-0.39, 0.29) is 17.6 Å². The van der Waals surface area contributed by atoms with E-state index in [4.69, 9.17) is 4.52 Å². The molecule has 1 aromatic heterocycles. The third-order valence-electron chi connectivity index (χ3n) is 5.62. The molecule has 166 valence electrons. The number of piperazine rings is 1. The van der Waals surface area contributed by atoms with E-state index in [2.05, 4.69) is 5.16 Å². The molecule has 32 heavy (non-hydrogen) atoms. The predicted molar refractivity (Wildman–Crippen MR) is 120 cm³/mol. The molecule has 0 spiro atoms. The Hall–Kier alpha value is -3.13. The van der Waals surface area contributed by atoms with Gasteiger partial charge in [-0.2, -0.15) is 0 Å². The van der Waals surface area contributed by atoms with Crippen molar-refractivity contribution in [2.75, 3.05) is 26.2 Å². The Morgan fingerprint density at radius 1 is 0.969 bits per heavy atom. The van der Waals surface area contributed by atoms with Gasteiger partial charge in [-0.3, -0.25) is 9.59 Å². The highest BCUT2D eigenvalue weighted by atomic mass is 32.2. The summed E-state index contributed by atoms with van der Waals surface area (Å²) in [6, 6.07) is 13.1. The minimum Gasteiger partial charge on any atom is -0.361 e. The van der Waals surface area contributed by atoms with E-state index in [0.717, 1.165) is 21.9 Å². The zero-order valence-electron chi connectivity index (χ0n) is 18.0. The Morgan fingerprint density at radius 2 is 1.59 bits per heavy atom. The zero-order chi connectivity index (χ0) is 22.7. The normalized spacial score (nSPS) is 14.0. The van der Waals surface area contributed by atoms with Crippen LogP contribution in [-0.2, 0) is 5.75 Å². The monoisotopic (exact) mass is 453 g/mol. The summed E-state index contributed by atoms with van der Waals surface area (Å²) in [6.07, 6.45) is 0. The van der Waals surface area contributed by atoms with Crippen molar-refractivity contribution >= 4 is 23.6 Å². The minimum absolute atomic E-state index is 0.0410. The van der Waals surface area contributed by atoms with Crippen molar-refractivity contribution in [1.82, 2.24) is 15.0 Å². The quantitative estimate of drug-likeness (QED) is 0.538. The molecular formula is C24H24FN3O3S. The molecule has 0 unspecified atom stereocenters. The molecule has 2 heterocycles. The van der Waals surface area contributed by atoms with Gasteiger partial charge >= 0.3 is 0 Å². The van der Waals surface area contributed by atoms with E-state index >= 15 is 0 Å². The number of hydrogen-bond acceptors (Lipinski definition) is 5. The molecule has 1 saturated heterocycles. The van der Waals surface area contributed by atoms with Crippen LogP contribution in [0.15, 0.2) is 57.9 Å². The molecule has 0 aliphatic carbocycles. The molecule has 0 atom stereocenters. The first-order valence-corrected chi connectivity index (χ1v) is 11.4. The predicted octanol–water partition coefficient (Wildman–Crippen LogP) is 4.32. The van der Waals surface area contributed by atoms with Crippen molar-refractivity contribution in [3.05, 3.63) is 82.5 Å². The first-order valence-electron chi connectivity index (χ1n) is 10.4. The second kappa shape index (κ2) is 9.56. The number of rotatable bonds is 5.